The first-order valence-electron chi connectivity index (χ1n) is 7.53. The fraction of sp³-hybridized carbons (Fsp3) is 0.211. The maximum atomic E-state index is 12.8. The molecule has 0 radical (unpaired) electrons. The summed E-state index contributed by atoms with van der Waals surface area (Å²) in [5.74, 6) is 0.715. The number of para-hydroxylation sites is 1. The van der Waals surface area contributed by atoms with Gasteiger partial charge in [0.1, 0.15) is 12.4 Å². The van der Waals surface area contributed by atoms with Gasteiger partial charge < -0.3 is 9.64 Å². The van der Waals surface area contributed by atoms with Gasteiger partial charge in [0.25, 0.3) is 5.91 Å². The second kappa shape index (κ2) is 6.48. The van der Waals surface area contributed by atoms with Crippen molar-refractivity contribution in [2.45, 2.75) is 12.8 Å². The Morgan fingerprint density at radius 1 is 1.23 bits per heavy atom. The van der Waals surface area contributed by atoms with Crippen LogP contribution >= 0.6 is 0 Å². The largest absolute Gasteiger partial charge is 0.490 e. The van der Waals surface area contributed by atoms with E-state index in [1.807, 2.05) is 41.3 Å². The highest BCUT2D eigenvalue weighted by Crippen LogP contribution is 2.28. The van der Waals surface area contributed by atoms with E-state index in [4.69, 9.17) is 4.74 Å². The summed E-state index contributed by atoms with van der Waals surface area (Å²) in [6.45, 7) is 4.82. The van der Waals surface area contributed by atoms with Crippen LogP contribution in [0.4, 0.5) is 5.69 Å². The minimum absolute atomic E-state index is 0.0243. The van der Waals surface area contributed by atoms with Gasteiger partial charge in [-0.3, -0.25) is 4.79 Å². The predicted molar refractivity (Wildman–Crippen MR) is 88.6 cm³/mol. The Balaban J connectivity index is 1.87. The van der Waals surface area contributed by atoms with Crippen molar-refractivity contribution in [2.75, 3.05) is 18.1 Å². The van der Waals surface area contributed by atoms with Gasteiger partial charge in [0.05, 0.1) is 0 Å². The number of anilines is 1. The van der Waals surface area contributed by atoms with Crippen LogP contribution in [0.1, 0.15) is 22.3 Å². The van der Waals surface area contributed by atoms with Crippen molar-refractivity contribution in [1.29, 1.82) is 0 Å². The van der Waals surface area contributed by atoms with Gasteiger partial charge in [-0.25, -0.2) is 0 Å². The second-order valence-corrected chi connectivity index (χ2v) is 5.32. The Morgan fingerprint density at radius 3 is 2.95 bits per heavy atom. The summed E-state index contributed by atoms with van der Waals surface area (Å²) in [7, 11) is 0. The van der Waals surface area contributed by atoms with E-state index in [9.17, 15) is 4.79 Å². The molecule has 0 spiro atoms. The monoisotopic (exact) mass is 293 g/mol. The fourth-order valence-corrected chi connectivity index (χ4v) is 2.77. The molecule has 0 atom stereocenters. The summed E-state index contributed by atoms with van der Waals surface area (Å²) in [4.78, 5) is 14.7. The fourth-order valence-electron chi connectivity index (χ4n) is 2.77. The van der Waals surface area contributed by atoms with Crippen molar-refractivity contribution >= 4 is 11.6 Å². The molecule has 1 aliphatic heterocycles. The zero-order valence-electron chi connectivity index (χ0n) is 12.5. The Kier molecular flexibility index (Phi) is 4.24. The molecule has 0 unspecified atom stereocenters. The third-order valence-corrected chi connectivity index (χ3v) is 3.80. The Labute approximate surface area is 130 Å². The normalized spacial score (nSPS) is 13.4. The van der Waals surface area contributed by atoms with Crippen molar-refractivity contribution in [3.63, 3.8) is 0 Å². The zero-order valence-corrected chi connectivity index (χ0v) is 12.5. The van der Waals surface area contributed by atoms with E-state index < -0.39 is 0 Å². The molecule has 1 heterocycles. The standard InChI is InChI=1S/C19H19NO2/c1-2-13-22-17-10-5-8-16(14-17)19(21)20-12-6-9-15-7-3-4-11-18(15)20/h2-5,7-8,10-11,14H,1,6,9,12-13H2. The predicted octanol–water partition coefficient (Wildman–Crippen LogP) is 3.84. The Bertz CT molecular complexity index is 693. The van der Waals surface area contributed by atoms with Crippen molar-refractivity contribution in [3.8, 4) is 5.75 Å². The minimum atomic E-state index is 0.0243. The molecule has 1 amide bonds. The van der Waals surface area contributed by atoms with E-state index >= 15 is 0 Å². The molecule has 22 heavy (non-hydrogen) atoms. The number of ether oxygens (including phenoxy) is 1. The first-order valence-corrected chi connectivity index (χ1v) is 7.53. The van der Waals surface area contributed by atoms with Gasteiger partial charge in [0.15, 0.2) is 0 Å². The molecule has 2 aromatic carbocycles. The van der Waals surface area contributed by atoms with Gasteiger partial charge in [-0.05, 0) is 42.7 Å². The number of hydrogen-bond donors (Lipinski definition) is 0. The average molecular weight is 293 g/mol. The maximum Gasteiger partial charge on any atom is 0.258 e. The molecule has 3 nitrogen and oxygen atoms in total. The zero-order chi connectivity index (χ0) is 15.4. The summed E-state index contributed by atoms with van der Waals surface area (Å²) < 4.78 is 5.51. The molecular weight excluding hydrogens is 274 g/mol. The Hall–Kier alpha value is -2.55. The third-order valence-electron chi connectivity index (χ3n) is 3.80. The molecule has 0 saturated heterocycles. The van der Waals surface area contributed by atoms with Crippen molar-refractivity contribution in [2.24, 2.45) is 0 Å². The number of nitrogens with zero attached hydrogens (tertiary/aromatic N) is 1. The van der Waals surface area contributed by atoms with Crippen LogP contribution in [0.5, 0.6) is 5.75 Å². The number of fused-ring (bicyclic) bond motifs is 1. The van der Waals surface area contributed by atoms with Crippen LogP contribution in [0.2, 0.25) is 0 Å². The van der Waals surface area contributed by atoms with Gasteiger partial charge in [0.2, 0.25) is 0 Å². The quantitative estimate of drug-likeness (QED) is 0.801. The molecule has 0 aliphatic carbocycles. The maximum absolute atomic E-state index is 12.8. The van der Waals surface area contributed by atoms with Crippen LogP contribution in [0.3, 0.4) is 0 Å². The molecule has 0 fully saturated rings. The van der Waals surface area contributed by atoms with Gasteiger partial charge in [-0.1, -0.05) is 36.9 Å². The van der Waals surface area contributed by atoms with E-state index in [1.165, 1.54) is 5.56 Å². The van der Waals surface area contributed by atoms with E-state index in [-0.39, 0.29) is 5.91 Å². The van der Waals surface area contributed by atoms with Crippen molar-refractivity contribution in [3.05, 3.63) is 72.3 Å². The van der Waals surface area contributed by atoms with Gasteiger partial charge in [-0.15, -0.1) is 0 Å². The van der Waals surface area contributed by atoms with Crippen molar-refractivity contribution in [1.82, 2.24) is 0 Å². The number of carbonyl (C=O) groups excluding carboxylic acids is 1. The van der Waals surface area contributed by atoms with Gasteiger partial charge in [0, 0.05) is 17.8 Å². The highest BCUT2D eigenvalue weighted by Gasteiger charge is 2.23. The Morgan fingerprint density at radius 2 is 2.09 bits per heavy atom. The third kappa shape index (κ3) is 2.89. The van der Waals surface area contributed by atoms with E-state index in [0.717, 1.165) is 25.1 Å². The smallest absolute Gasteiger partial charge is 0.258 e. The lowest BCUT2D eigenvalue weighted by atomic mass is 10.0. The second-order valence-electron chi connectivity index (χ2n) is 5.32. The van der Waals surface area contributed by atoms with E-state index in [0.29, 0.717) is 17.9 Å². The topological polar surface area (TPSA) is 29.5 Å². The van der Waals surface area contributed by atoms with Crippen LogP contribution in [0, 0.1) is 0 Å². The summed E-state index contributed by atoms with van der Waals surface area (Å²) in [5, 5.41) is 0. The summed E-state index contributed by atoms with van der Waals surface area (Å²) in [5.41, 5.74) is 2.91. The van der Waals surface area contributed by atoms with E-state index in [1.54, 1.807) is 12.1 Å². The van der Waals surface area contributed by atoms with Gasteiger partial charge >= 0.3 is 0 Å². The number of aryl methyl sites for hydroxylation is 1. The minimum Gasteiger partial charge on any atom is -0.490 e. The number of amides is 1. The molecule has 0 saturated carbocycles. The number of rotatable bonds is 4. The molecular formula is C19H19NO2. The summed E-state index contributed by atoms with van der Waals surface area (Å²) in [6.07, 6.45) is 3.72. The highest BCUT2D eigenvalue weighted by atomic mass is 16.5. The summed E-state index contributed by atoms with van der Waals surface area (Å²) >= 11 is 0. The van der Waals surface area contributed by atoms with Crippen LogP contribution < -0.4 is 9.64 Å². The molecule has 1 aliphatic rings. The van der Waals surface area contributed by atoms with Crippen LogP contribution in [0.15, 0.2) is 61.2 Å². The first-order chi connectivity index (χ1) is 10.8. The summed E-state index contributed by atoms with van der Waals surface area (Å²) in [6, 6.07) is 15.4. The number of carbonyl (C=O) groups is 1. The van der Waals surface area contributed by atoms with Crippen LogP contribution in [-0.4, -0.2) is 19.1 Å². The lowest BCUT2D eigenvalue weighted by Gasteiger charge is -2.29. The van der Waals surface area contributed by atoms with Crippen molar-refractivity contribution < 1.29 is 9.53 Å². The molecule has 2 aromatic rings. The molecule has 0 aromatic heterocycles. The first kappa shape index (κ1) is 14.4. The SMILES string of the molecule is C=CCOc1cccc(C(=O)N2CCCc3ccccc32)c1. The molecule has 3 heteroatoms. The van der Waals surface area contributed by atoms with Crippen LogP contribution in [-0.2, 0) is 6.42 Å². The van der Waals surface area contributed by atoms with Crippen LogP contribution in [0.25, 0.3) is 0 Å². The molecule has 112 valence electrons. The lowest BCUT2D eigenvalue weighted by Crippen LogP contribution is -2.35. The average Bonchev–Trinajstić information content (AvgIpc) is 2.59. The lowest BCUT2D eigenvalue weighted by molar-refractivity contribution is 0.0984. The number of hydrogen-bond acceptors (Lipinski definition) is 2. The molecule has 0 bridgehead atoms. The number of benzene rings is 2. The molecule has 0 N–H and O–H groups in total. The highest BCUT2D eigenvalue weighted by molar-refractivity contribution is 6.06. The molecule has 3 rings (SSSR count). The van der Waals surface area contributed by atoms with E-state index in [2.05, 4.69) is 12.6 Å². The van der Waals surface area contributed by atoms with Gasteiger partial charge in [-0.2, -0.15) is 0 Å².